The van der Waals surface area contributed by atoms with Gasteiger partial charge in [0.25, 0.3) is 5.91 Å². The first kappa shape index (κ1) is 19.0. The summed E-state index contributed by atoms with van der Waals surface area (Å²) >= 11 is 6.31. The van der Waals surface area contributed by atoms with Gasteiger partial charge >= 0.3 is 0 Å². The molecule has 0 aliphatic heterocycles. The summed E-state index contributed by atoms with van der Waals surface area (Å²) in [4.78, 5) is 12.1. The average molecular weight is 380 g/mol. The third kappa shape index (κ3) is 5.35. The molecule has 3 aromatic carbocycles. The van der Waals surface area contributed by atoms with Crippen LogP contribution in [0.2, 0.25) is 5.02 Å². The predicted octanol–water partition coefficient (Wildman–Crippen LogP) is 5.31. The van der Waals surface area contributed by atoms with E-state index in [9.17, 15) is 4.79 Å². The van der Waals surface area contributed by atoms with E-state index in [2.05, 4.69) is 24.4 Å². The molecule has 0 saturated heterocycles. The van der Waals surface area contributed by atoms with Crippen molar-refractivity contribution in [2.45, 2.75) is 12.8 Å². The van der Waals surface area contributed by atoms with Gasteiger partial charge in [-0.05, 0) is 34.7 Å². The number of hydrogen-bond donors (Lipinski definition) is 1. The number of carbonyl (C=O) groups is 1. The summed E-state index contributed by atoms with van der Waals surface area (Å²) in [5.74, 6) is 0.576. The highest BCUT2D eigenvalue weighted by Crippen LogP contribution is 2.30. The fourth-order valence-corrected chi connectivity index (χ4v) is 3.02. The maximum absolute atomic E-state index is 12.1. The maximum atomic E-state index is 12.1. The molecule has 0 radical (unpaired) electrons. The molecule has 1 N–H and O–H groups in total. The molecule has 0 aliphatic rings. The molecule has 138 valence electrons. The Bertz CT molecular complexity index is 881. The van der Waals surface area contributed by atoms with E-state index in [4.69, 9.17) is 16.3 Å². The first-order valence-electron chi connectivity index (χ1n) is 8.93. The van der Waals surface area contributed by atoms with Gasteiger partial charge in [0.1, 0.15) is 5.75 Å². The molecule has 3 rings (SSSR count). The molecule has 27 heavy (non-hydrogen) atoms. The minimum atomic E-state index is -0.166. The van der Waals surface area contributed by atoms with Gasteiger partial charge < -0.3 is 10.1 Å². The zero-order chi connectivity index (χ0) is 19.1. The third-order valence-electron chi connectivity index (χ3n) is 4.37. The minimum Gasteiger partial charge on any atom is -0.482 e. The van der Waals surface area contributed by atoms with Crippen molar-refractivity contribution in [1.82, 2.24) is 5.32 Å². The van der Waals surface area contributed by atoms with E-state index in [1.54, 1.807) is 6.07 Å². The molecule has 4 heteroatoms. The number of ether oxygens (including phenoxy) is 1. The fourth-order valence-electron chi connectivity index (χ4n) is 2.79. The van der Waals surface area contributed by atoms with E-state index in [1.165, 1.54) is 5.56 Å². The van der Waals surface area contributed by atoms with Gasteiger partial charge in [0, 0.05) is 6.54 Å². The monoisotopic (exact) mass is 379 g/mol. The second kappa shape index (κ2) is 9.24. The van der Waals surface area contributed by atoms with Gasteiger partial charge in [-0.15, -0.1) is 0 Å². The lowest BCUT2D eigenvalue weighted by atomic mass is 10.0. The minimum absolute atomic E-state index is 0.0636. The summed E-state index contributed by atoms with van der Waals surface area (Å²) in [6.07, 6.45) is 0. The topological polar surface area (TPSA) is 38.3 Å². The zero-order valence-corrected chi connectivity index (χ0v) is 15.9. The number of rotatable bonds is 7. The predicted molar refractivity (Wildman–Crippen MR) is 110 cm³/mol. The van der Waals surface area contributed by atoms with Crippen molar-refractivity contribution in [2.24, 2.45) is 0 Å². The Kier molecular flexibility index (Phi) is 6.50. The molecule has 0 saturated carbocycles. The van der Waals surface area contributed by atoms with Crippen LogP contribution in [0.25, 0.3) is 11.1 Å². The number of carbonyl (C=O) groups excluding carboxylic acids is 1. The molecule has 0 spiro atoms. The van der Waals surface area contributed by atoms with Crippen LogP contribution in [-0.2, 0) is 4.79 Å². The number of amides is 1. The van der Waals surface area contributed by atoms with Gasteiger partial charge in [0.15, 0.2) is 6.61 Å². The van der Waals surface area contributed by atoms with Crippen LogP contribution >= 0.6 is 11.6 Å². The van der Waals surface area contributed by atoms with Crippen molar-refractivity contribution in [3.63, 3.8) is 0 Å². The van der Waals surface area contributed by atoms with E-state index in [-0.39, 0.29) is 18.4 Å². The lowest BCUT2D eigenvalue weighted by Gasteiger charge is -2.14. The highest BCUT2D eigenvalue weighted by Gasteiger charge is 2.10. The lowest BCUT2D eigenvalue weighted by Crippen LogP contribution is -2.31. The molecule has 0 unspecified atom stereocenters. The maximum Gasteiger partial charge on any atom is 0.257 e. The Morgan fingerprint density at radius 2 is 1.63 bits per heavy atom. The Morgan fingerprint density at radius 1 is 0.963 bits per heavy atom. The van der Waals surface area contributed by atoms with Crippen LogP contribution < -0.4 is 10.1 Å². The molecular formula is C23H22ClNO2. The van der Waals surface area contributed by atoms with E-state index in [0.29, 0.717) is 17.3 Å². The van der Waals surface area contributed by atoms with Crippen LogP contribution in [0.5, 0.6) is 5.75 Å². The normalized spacial score (nSPS) is 11.6. The van der Waals surface area contributed by atoms with Crippen molar-refractivity contribution in [1.29, 1.82) is 0 Å². The molecule has 0 aromatic heterocycles. The Balaban J connectivity index is 1.51. The van der Waals surface area contributed by atoms with Gasteiger partial charge in [0.2, 0.25) is 0 Å². The summed E-state index contributed by atoms with van der Waals surface area (Å²) in [5, 5.41) is 3.39. The molecule has 0 bridgehead atoms. The first-order chi connectivity index (χ1) is 13.1. The van der Waals surface area contributed by atoms with Crippen molar-refractivity contribution in [3.05, 3.63) is 89.4 Å². The third-order valence-corrected chi connectivity index (χ3v) is 4.67. The summed E-state index contributed by atoms with van der Waals surface area (Å²) in [7, 11) is 0. The first-order valence-corrected chi connectivity index (χ1v) is 9.30. The van der Waals surface area contributed by atoms with Crippen LogP contribution in [0.1, 0.15) is 18.4 Å². The number of nitrogens with one attached hydrogen (secondary N) is 1. The number of benzene rings is 3. The molecular weight excluding hydrogens is 358 g/mol. The number of halogens is 1. The standard InChI is InChI=1S/C23H22ClNO2/c1-17(18-8-4-2-5-9-18)15-25-23(26)16-27-22-13-12-20(14-21(22)24)19-10-6-3-7-11-19/h2-14,17H,15-16H2,1H3,(H,25,26)/t17-/m1/s1. The van der Waals surface area contributed by atoms with E-state index in [0.717, 1.165) is 11.1 Å². The van der Waals surface area contributed by atoms with Crippen molar-refractivity contribution in [2.75, 3.05) is 13.2 Å². The Labute approximate surface area is 164 Å². The van der Waals surface area contributed by atoms with Crippen molar-refractivity contribution >= 4 is 17.5 Å². The highest BCUT2D eigenvalue weighted by atomic mass is 35.5. The van der Waals surface area contributed by atoms with E-state index in [1.807, 2.05) is 60.7 Å². The summed E-state index contributed by atoms with van der Waals surface area (Å²) in [5.41, 5.74) is 3.28. The number of hydrogen-bond acceptors (Lipinski definition) is 2. The fraction of sp³-hybridized carbons (Fsp3) is 0.174. The van der Waals surface area contributed by atoms with Crippen LogP contribution in [0, 0.1) is 0 Å². The molecule has 1 amide bonds. The van der Waals surface area contributed by atoms with Crippen molar-refractivity contribution < 1.29 is 9.53 Å². The largest absolute Gasteiger partial charge is 0.482 e. The molecule has 0 heterocycles. The second-order valence-electron chi connectivity index (χ2n) is 6.42. The van der Waals surface area contributed by atoms with Gasteiger partial charge in [-0.25, -0.2) is 0 Å². The summed E-state index contributed by atoms with van der Waals surface area (Å²) < 4.78 is 5.58. The van der Waals surface area contributed by atoms with Crippen LogP contribution in [0.4, 0.5) is 0 Å². The van der Waals surface area contributed by atoms with E-state index >= 15 is 0 Å². The van der Waals surface area contributed by atoms with Crippen LogP contribution in [0.3, 0.4) is 0 Å². The summed E-state index contributed by atoms with van der Waals surface area (Å²) in [6.45, 7) is 2.58. The molecule has 3 nitrogen and oxygen atoms in total. The lowest BCUT2D eigenvalue weighted by molar-refractivity contribution is -0.123. The molecule has 0 fully saturated rings. The van der Waals surface area contributed by atoms with Gasteiger partial charge in [0.05, 0.1) is 5.02 Å². The van der Waals surface area contributed by atoms with Gasteiger partial charge in [-0.1, -0.05) is 85.3 Å². The Hall–Kier alpha value is -2.78. The van der Waals surface area contributed by atoms with Gasteiger partial charge in [-0.3, -0.25) is 4.79 Å². The zero-order valence-electron chi connectivity index (χ0n) is 15.2. The molecule has 0 aliphatic carbocycles. The average Bonchev–Trinajstić information content (AvgIpc) is 2.72. The second-order valence-corrected chi connectivity index (χ2v) is 6.82. The van der Waals surface area contributed by atoms with E-state index < -0.39 is 0 Å². The van der Waals surface area contributed by atoms with Crippen LogP contribution in [0.15, 0.2) is 78.9 Å². The quantitative estimate of drug-likeness (QED) is 0.604. The van der Waals surface area contributed by atoms with Gasteiger partial charge in [-0.2, -0.15) is 0 Å². The smallest absolute Gasteiger partial charge is 0.257 e. The molecule has 1 atom stereocenters. The van der Waals surface area contributed by atoms with Crippen molar-refractivity contribution in [3.8, 4) is 16.9 Å². The van der Waals surface area contributed by atoms with Crippen LogP contribution in [-0.4, -0.2) is 19.1 Å². The highest BCUT2D eigenvalue weighted by molar-refractivity contribution is 6.32. The Morgan fingerprint density at radius 3 is 2.30 bits per heavy atom. The SMILES string of the molecule is C[C@H](CNC(=O)COc1ccc(-c2ccccc2)cc1Cl)c1ccccc1. The molecule has 3 aromatic rings. The summed E-state index contributed by atoms with van der Waals surface area (Å²) in [6, 6.07) is 25.6.